The number of rotatable bonds is 9. The molecule has 1 saturated heterocycles. The molecule has 1 amide bonds. The van der Waals surface area contributed by atoms with E-state index in [1.165, 1.54) is 21.1 Å². The molecule has 2 aromatic rings. The number of anilines is 1. The molecule has 0 radical (unpaired) electrons. The van der Waals surface area contributed by atoms with E-state index in [9.17, 15) is 23.1 Å². The van der Waals surface area contributed by atoms with Crippen LogP contribution in [0.15, 0.2) is 23.1 Å². The normalized spacial score (nSPS) is 15.1. The molecule has 0 saturated carbocycles. The zero-order chi connectivity index (χ0) is 27.5. The second-order valence-electron chi connectivity index (χ2n) is 9.95. The first-order valence-electron chi connectivity index (χ1n) is 12.3. The summed E-state index contributed by atoms with van der Waals surface area (Å²) < 4.78 is 41.6. The smallest absolute Gasteiger partial charge is 0.356 e. The van der Waals surface area contributed by atoms with Crippen LogP contribution >= 0.6 is 0 Å². The van der Waals surface area contributed by atoms with Gasteiger partial charge in [-0.15, -0.1) is 0 Å². The molecule has 0 unspecified atom stereocenters. The highest BCUT2D eigenvalue weighted by atomic mass is 32.2. The van der Waals surface area contributed by atoms with Crippen molar-refractivity contribution in [3.8, 4) is 11.6 Å². The van der Waals surface area contributed by atoms with Crippen molar-refractivity contribution in [3.63, 3.8) is 0 Å². The van der Waals surface area contributed by atoms with Gasteiger partial charge in [0, 0.05) is 30.3 Å². The number of morpholine rings is 1. The number of amides is 1. The molecule has 2 N–H and O–H groups in total. The van der Waals surface area contributed by atoms with Gasteiger partial charge in [-0.3, -0.25) is 4.79 Å². The van der Waals surface area contributed by atoms with E-state index in [4.69, 9.17) is 9.47 Å². The van der Waals surface area contributed by atoms with Crippen molar-refractivity contribution in [1.29, 1.82) is 0 Å². The zero-order valence-electron chi connectivity index (χ0n) is 22.2. The van der Waals surface area contributed by atoms with E-state index in [-0.39, 0.29) is 65.9 Å². The fourth-order valence-corrected chi connectivity index (χ4v) is 5.61. The van der Waals surface area contributed by atoms with Crippen LogP contribution in [-0.4, -0.2) is 65.8 Å². The molecule has 0 bridgehead atoms. The van der Waals surface area contributed by atoms with Crippen molar-refractivity contribution in [2.24, 2.45) is 5.92 Å². The molecule has 11 nitrogen and oxygen atoms in total. The monoisotopic (exact) mass is 536 g/mol. The topological polar surface area (TPSA) is 140 Å². The average molecular weight is 537 g/mol. The van der Waals surface area contributed by atoms with Crippen LogP contribution < -0.4 is 10.1 Å². The molecule has 1 fully saturated rings. The lowest BCUT2D eigenvalue weighted by molar-refractivity contribution is -0.120. The zero-order valence-corrected chi connectivity index (χ0v) is 23.0. The van der Waals surface area contributed by atoms with Gasteiger partial charge >= 0.3 is 5.97 Å². The number of carboxylic acids is 1. The number of carbonyl (C=O) groups excluding carboxylic acids is 1. The summed E-state index contributed by atoms with van der Waals surface area (Å²) in [6.07, 6.45) is 1.31. The Balaban J connectivity index is 2.13. The molecule has 3 rings (SSSR count). The Labute approximate surface area is 217 Å². The third kappa shape index (κ3) is 6.13. The van der Waals surface area contributed by atoms with Gasteiger partial charge in [0.25, 0.3) is 0 Å². The first kappa shape index (κ1) is 28.6. The van der Waals surface area contributed by atoms with Crippen LogP contribution in [-0.2, 0) is 25.1 Å². The second kappa shape index (κ2) is 11.2. The van der Waals surface area contributed by atoms with E-state index < -0.39 is 21.5 Å². The molecule has 0 aliphatic carbocycles. The summed E-state index contributed by atoms with van der Waals surface area (Å²) in [6.45, 7) is 11.8. The van der Waals surface area contributed by atoms with Gasteiger partial charge in [0.05, 0.1) is 18.8 Å². The number of carboxylic acid groups (broad SMARTS) is 1. The van der Waals surface area contributed by atoms with Crippen molar-refractivity contribution in [2.45, 2.75) is 64.8 Å². The number of carbonyl (C=O) groups is 2. The van der Waals surface area contributed by atoms with E-state index in [0.29, 0.717) is 18.5 Å². The SMILES string of the molecule is CCC(CC)C(=O)Nc1ccc(Oc2c(C)c(C(=O)O)nn2C(C)(C)C)c(S(=O)(=O)N2CCOCC2)c1. The Morgan fingerprint density at radius 2 is 1.81 bits per heavy atom. The minimum atomic E-state index is -4.04. The maximum atomic E-state index is 13.7. The molecule has 1 aliphatic rings. The summed E-state index contributed by atoms with van der Waals surface area (Å²) in [6, 6.07) is 4.42. The highest BCUT2D eigenvalue weighted by Gasteiger charge is 2.33. The van der Waals surface area contributed by atoms with E-state index >= 15 is 0 Å². The third-order valence-corrected chi connectivity index (χ3v) is 8.19. The van der Waals surface area contributed by atoms with E-state index in [1.54, 1.807) is 13.0 Å². The van der Waals surface area contributed by atoms with Crippen LogP contribution in [0.1, 0.15) is 63.5 Å². The molecule has 0 spiro atoms. The molecule has 204 valence electrons. The number of sulfonamides is 1. The van der Waals surface area contributed by atoms with Gasteiger partial charge in [-0.05, 0) is 58.7 Å². The molecule has 2 heterocycles. The Morgan fingerprint density at radius 3 is 2.35 bits per heavy atom. The van der Waals surface area contributed by atoms with Crippen LogP contribution in [0.25, 0.3) is 0 Å². The first-order chi connectivity index (χ1) is 17.3. The highest BCUT2D eigenvalue weighted by Crippen LogP contribution is 2.37. The number of aromatic carboxylic acids is 1. The molecule has 37 heavy (non-hydrogen) atoms. The minimum absolute atomic E-state index is 0.00235. The summed E-state index contributed by atoms with van der Waals surface area (Å²) in [7, 11) is -4.04. The van der Waals surface area contributed by atoms with Crippen molar-refractivity contribution >= 4 is 27.6 Å². The quantitative estimate of drug-likeness (QED) is 0.493. The number of aromatic nitrogens is 2. The summed E-state index contributed by atoms with van der Waals surface area (Å²) in [5, 5.41) is 16.6. The lowest BCUT2D eigenvalue weighted by atomic mass is 10.0. The largest absolute Gasteiger partial charge is 0.476 e. The fourth-order valence-electron chi connectivity index (χ4n) is 4.06. The van der Waals surface area contributed by atoms with E-state index in [0.717, 1.165) is 0 Å². The van der Waals surface area contributed by atoms with Crippen molar-refractivity contribution in [3.05, 3.63) is 29.5 Å². The highest BCUT2D eigenvalue weighted by molar-refractivity contribution is 7.89. The molecular weight excluding hydrogens is 500 g/mol. The predicted molar refractivity (Wildman–Crippen MR) is 138 cm³/mol. The maximum absolute atomic E-state index is 13.7. The van der Waals surface area contributed by atoms with Crippen LogP contribution in [0.2, 0.25) is 0 Å². The van der Waals surface area contributed by atoms with Crippen molar-refractivity contribution < 1.29 is 32.6 Å². The lowest BCUT2D eigenvalue weighted by Gasteiger charge is -2.27. The number of hydrogen-bond acceptors (Lipinski definition) is 7. The van der Waals surface area contributed by atoms with Gasteiger partial charge in [0.2, 0.25) is 21.8 Å². The third-order valence-electron chi connectivity index (χ3n) is 6.27. The second-order valence-corrected chi connectivity index (χ2v) is 11.9. The number of nitrogens with one attached hydrogen (secondary N) is 1. The van der Waals surface area contributed by atoms with Crippen LogP contribution in [0.4, 0.5) is 5.69 Å². The van der Waals surface area contributed by atoms with Gasteiger partial charge in [0.1, 0.15) is 10.6 Å². The Kier molecular flexibility index (Phi) is 8.66. The summed E-state index contributed by atoms with van der Waals surface area (Å²) in [4.78, 5) is 24.3. The van der Waals surface area contributed by atoms with Gasteiger partial charge in [-0.2, -0.15) is 9.40 Å². The van der Waals surface area contributed by atoms with Crippen molar-refractivity contribution in [1.82, 2.24) is 14.1 Å². The van der Waals surface area contributed by atoms with E-state index in [1.807, 2.05) is 34.6 Å². The summed E-state index contributed by atoms with van der Waals surface area (Å²) >= 11 is 0. The molecule has 1 aromatic carbocycles. The Bertz CT molecular complexity index is 1250. The lowest BCUT2D eigenvalue weighted by Crippen LogP contribution is -2.40. The molecular formula is C25H36N4O7S. The Morgan fingerprint density at radius 1 is 1.19 bits per heavy atom. The predicted octanol–water partition coefficient (Wildman–Crippen LogP) is 3.83. The number of ether oxygens (including phenoxy) is 2. The fraction of sp³-hybridized carbons (Fsp3) is 0.560. The molecule has 0 atom stereocenters. The summed E-state index contributed by atoms with van der Waals surface area (Å²) in [5.74, 6) is -1.49. The van der Waals surface area contributed by atoms with Gasteiger partial charge in [-0.25, -0.2) is 17.9 Å². The van der Waals surface area contributed by atoms with Crippen LogP contribution in [0, 0.1) is 12.8 Å². The van der Waals surface area contributed by atoms with Crippen LogP contribution in [0.5, 0.6) is 11.6 Å². The number of hydrogen-bond donors (Lipinski definition) is 2. The van der Waals surface area contributed by atoms with E-state index in [2.05, 4.69) is 10.4 Å². The summed E-state index contributed by atoms with van der Waals surface area (Å²) in [5.41, 5.74) is -0.247. The maximum Gasteiger partial charge on any atom is 0.356 e. The number of benzene rings is 1. The standard InChI is InChI=1S/C25H36N4O7S/c1-7-17(8-2)22(30)26-18-9-10-19(20(15-18)37(33,34)28-11-13-35-14-12-28)36-23-16(3)21(24(31)32)27-29(23)25(4,5)6/h9-10,15,17H,7-8,11-14H2,1-6H3,(H,26,30)(H,31,32). The molecule has 12 heteroatoms. The van der Waals surface area contributed by atoms with Crippen LogP contribution in [0.3, 0.4) is 0 Å². The molecule has 1 aromatic heterocycles. The first-order valence-corrected chi connectivity index (χ1v) is 13.8. The van der Waals surface area contributed by atoms with Gasteiger partial charge in [-0.1, -0.05) is 13.8 Å². The number of nitrogens with zero attached hydrogens (tertiary/aromatic N) is 3. The van der Waals surface area contributed by atoms with Gasteiger partial charge in [0.15, 0.2) is 5.69 Å². The minimum Gasteiger partial charge on any atom is -0.476 e. The van der Waals surface area contributed by atoms with Gasteiger partial charge < -0.3 is 19.9 Å². The Hall–Kier alpha value is -2.96. The average Bonchev–Trinajstić information content (AvgIpc) is 3.18. The molecule has 1 aliphatic heterocycles. The van der Waals surface area contributed by atoms with Crippen molar-refractivity contribution in [2.75, 3.05) is 31.6 Å².